The average Bonchev–Trinajstić information content (AvgIpc) is 2.74. The van der Waals surface area contributed by atoms with Gasteiger partial charge in [0.05, 0.1) is 12.3 Å². The van der Waals surface area contributed by atoms with Crippen molar-refractivity contribution in [2.75, 3.05) is 6.61 Å². The summed E-state index contributed by atoms with van der Waals surface area (Å²) in [4.78, 5) is 4.39. The molecular weight excluding hydrogens is 362 g/mol. The Bertz CT molecular complexity index is 803. The minimum absolute atomic E-state index is 0.388. The number of ether oxygens (including phenoxy) is 2. The van der Waals surface area contributed by atoms with E-state index in [0.717, 1.165) is 11.1 Å². The predicted octanol–water partition coefficient (Wildman–Crippen LogP) is 1.26. The van der Waals surface area contributed by atoms with Gasteiger partial charge >= 0.3 is 0 Å². The second-order valence-electron chi connectivity index (χ2n) is 6.44. The van der Waals surface area contributed by atoms with Gasteiger partial charge in [-0.2, -0.15) is 0 Å². The minimum atomic E-state index is -1.48. The van der Waals surface area contributed by atoms with Crippen LogP contribution in [0.3, 0.4) is 0 Å². The van der Waals surface area contributed by atoms with E-state index < -0.39 is 37.3 Å². The lowest BCUT2D eigenvalue weighted by Crippen LogP contribution is -2.60. The van der Waals surface area contributed by atoms with Gasteiger partial charge in [-0.15, -0.1) is 0 Å². The fourth-order valence-electron chi connectivity index (χ4n) is 2.78. The number of hydrogen-bond donors (Lipinski definition) is 4. The lowest BCUT2D eigenvalue weighted by Gasteiger charge is -2.39. The third-order valence-electron chi connectivity index (χ3n) is 4.47. The summed E-state index contributed by atoms with van der Waals surface area (Å²) in [6.07, 6.45) is -3.07. The van der Waals surface area contributed by atoms with Crippen LogP contribution in [0.25, 0.3) is 6.08 Å². The monoisotopic (exact) mass is 385 g/mol. The van der Waals surface area contributed by atoms with E-state index in [1.54, 1.807) is 36.6 Å². The number of rotatable bonds is 6. The summed E-state index contributed by atoms with van der Waals surface area (Å²) in [6.45, 7) is 3.21. The van der Waals surface area contributed by atoms with Crippen LogP contribution < -0.4 is 4.74 Å². The first-order valence-corrected chi connectivity index (χ1v) is 8.85. The summed E-state index contributed by atoms with van der Waals surface area (Å²) in [7, 11) is 0. The van der Waals surface area contributed by atoms with Gasteiger partial charge in [0.2, 0.25) is 6.29 Å². The van der Waals surface area contributed by atoms with E-state index in [0.29, 0.717) is 11.4 Å². The molecule has 1 fully saturated rings. The van der Waals surface area contributed by atoms with Crippen molar-refractivity contribution >= 4 is 18.0 Å². The van der Waals surface area contributed by atoms with Gasteiger partial charge in [-0.3, -0.25) is 4.99 Å². The van der Waals surface area contributed by atoms with E-state index in [1.165, 1.54) is 0 Å². The Morgan fingerprint density at radius 2 is 1.57 bits per heavy atom. The molecule has 0 amide bonds. The molecule has 4 N–H and O–H groups in total. The normalized spacial score (nSPS) is 27.6. The van der Waals surface area contributed by atoms with Crippen LogP contribution in [-0.4, -0.2) is 64.0 Å². The van der Waals surface area contributed by atoms with Crippen LogP contribution in [0, 0.1) is 0 Å². The molecule has 0 aliphatic carbocycles. The summed E-state index contributed by atoms with van der Waals surface area (Å²) in [6, 6.07) is 14.5. The maximum atomic E-state index is 10.0. The van der Waals surface area contributed by atoms with Gasteiger partial charge in [-0.25, -0.2) is 0 Å². The van der Waals surface area contributed by atoms with Crippen LogP contribution in [0.1, 0.15) is 11.1 Å². The molecule has 7 heteroatoms. The van der Waals surface area contributed by atoms with Crippen molar-refractivity contribution in [3.8, 4) is 5.75 Å². The topological polar surface area (TPSA) is 112 Å². The van der Waals surface area contributed by atoms with E-state index in [2.05, 4.69) is 11.6 Å². The molecule has 1 aliphatic heterocycles. The molecule has 5 atom stereocenters. The van der Waals surface area contributed by atoms with Gasteiger partial charge < -0.3 is 29.9 Å². The zero-order valence-corrected chi connectivity index (χ0v) is 15.1. The van der Waals surface area contributed by atoms with E-state index in [1.807, 2.05) is 24.3 Å². The number of hydrogen-bond acceptors (Lipinski definition) is 7. The Morgan fingerprint density at radius 3 is 2.18 bits per heavy atom. The van der Waals surface area contributed by atoms with Crippen LogP contribution in [0.5, 0.6) is 5.75 Å². The number of aliphatic hydroxyl groups is 4. The Hall–Kier alpha value is -2.55. The van der Waals surface area contributed by atoms with Gasteiger partial charge in [0, 0.05) is 6.21 Å². The highest BCUT2D eigenvalue weighted by atomic mass is 16.7. The second kappa shape index (κ2) is 9.09. The van der Waals surface area contributed by atoms with E-state index in [4.69, 9.17) is 9.47 Å². The summed E-state index contributed by atoms with van der Waals surface area (Å²) in [5, 5.41) is 38.8. The van der Waals surface area contributed by atoms with Gasteiger partial charge in [0.1, 0.15) is 30.2 Å². The first-order chi connectivity index (χ1) is 13.5. The molecular formula is C21H23NO6. The quantitative estimate of drug-likeness (QED) is 0.557. The predicted molar refractivity (Wildman–Crippen MR) is 105 cm³/mol. The van der Waals surface area contributed by atoms with Crippen LogP contribution in [-0.2, 0) is 4.74 Å². The fourth-order valence-corrected chi connectivity index (χ4v) is 2.78. The maximum absolute atomic E-state index is 10.0. The van der Waals surface area contributed by atoms with Crippen LogP contribution >= 0.6 is 0 Å². The third-order valence-corrected chi connectivity index (χ3v) is 4.47. The number of benzene rings is 2. The van der Waals surface area contributed by atoms with Crippen LogP contribution in [0.2, 0.25) is 0 Å². The lowest BCUT2D eigenvalue weighted by molar-refractivity contribution is -0.277. The molecule has 1 aliphatic rings. The number of aliphatic hydroxyl groups excluding tert-OH is 4. The molecule has 0 radical (unpaired) electrons. The molecule has 0 aromatic heterocycles. The zero-order chi connectivity index (χ0) is 20.1. The summed E-state index contributed by atoms with van der Waals surface area (Å²) >= 11 is 0. The molecule has 7 nitrogen and oxygen atoms in total. The molecule has 2 aromatic carbocycles. The number of aliphatic imine (C=N–C) groups is 1. The van der Waals surface area contributed by atoms with E-state index in [9.17, 15) is 20.4 Å². The summed E-state index contributed by atoms with van der Waals surface area (Å²) in [5.74, 6) is 0.388. The first kappa shape index (κ1) is 20.2. The highest BCUT2D eigenvalue weighted by molar-refractivity contribution is 5.82. The van der Waals surface area contributed by atoms with E-state index in [-0.39, 0.29) is 0 Å². The zero-order valence-electron chi connectivity index (χ0n) is 15.1. The summed E-state index contributed by atoms with van der Waals surface area (Å²) in [5.41, 5.74) is 2.69. The van der Waals surface area contributed by atoms with Crippen LogP contribution in [0.15, 0.2) is 60.1 Å². The Balaban J connectivity index is 1.63. The first-order valence-electron chi connectivity index (χ1n) is 8.85. The van der Waals surface area contributed by atoms with Crippen molar-refractivity contribution in [1.29, 1.82) is 0 Å². The molecule has 28 heavy (non-hydrogen) atoms. The van der Waals surface area contributed by atoms with Crippen molar-refractivity contribution < 1.29 is 29.9 Å². The van der Waals surface area contributed by atoms with Crippen molar-refractivity contribution in [1.82, 2.24) is 0 Å². The minimum Gasteiger partial charge on any atom is -0.462 e. The summed E-state index contributed by atoms with van der Waals surface area (Å²) < 4.78 is 10.9. The van der Waals surface area contributed by atoms with Crippen molar-refractivity contribution in [2.24, 2.45) is 4.99 Å². The molecule has 0 saturated carbocycles. The van der Waals surface area contributed by atoms with Crippen molar-refractivity contribution in [2.45, 2.75) is 30.7 Å². The molecule has 1 heterocycles. The Kier molecular flexibility index (Phi) is 6.56. The lowest BCUT2D eigenvalue weighted by atomic mass is 9.99. The highest BCUT2D eigenvalue weighted by Crippen LogP contribution is 2.25. The molecule has 0 spiro atoms. The van der Waals surface area contributed by atoms with E-state index >= 15 is 0 Å². The molecule has 2 aromatic rings. The maximum Gasteiger partial charge on any atom is 0.229 e. The smallest absolute Gasteiger partial charge is 0.229 e. The number of nitrogens with zero attached hydrogens (tertiary/aromatic N) is 1. The van der Waals surface area contributed by atoms with Gasteiger partial charge in [0.15, 0.2) is 0 Å². The molecule has 3 rings (SSSR count). The molecule has 5 unspecified atom stereocenters. The Labute approximate surface area is 162 Å². The van der Waals surface area contributed by atoms with Crippen molar-refractivity contribution in [3.63, 3.8) is 0 Å². The van der Waals surface area contributed by atoms with Crippen molar-refractivity contribution in [3.05, 3.63) is 66.2 Å². The standard InChI is InChI=1S/C21H23NO6/c1-2-13-3-5-14(6-4-13)11-22-15-7-9-16(10-8-15)27-21-20(26)19(25)18(24)17(12-23)28-21/h2-11,17-21,23-26H,1,12H2. The van der Waals surface area contributed by atoms with Gasteiger partial charge in [-0.05, 0) is 35.4 Å². The molecule has 148 valence electrons. The second-order valence-corrected chi connectivity index (χ2v) is 6.44. The Morgan fingerprint density at radius 1 is 0.929 bits per heavy atom. The average molecular weight is 385 g/mol. The molecule has 0 bridgehead atoms. The molecule has 1 saturated heterocycles. The SMILES string of the molecule is C=Cc1ccc(C=Nc2ccc(OC3OC(CO)C(O)C(O)C3O)cc2)cc1. The van der Waals surface area contributed by atoms with Crippen LogP contribution in [0.4, 0.5) is 5.69 Å². The fraction of sp³-hybridized carbons (Fsp3) is 0.286. The highest BCUT2D eigenvalue weighted by Gasteiger charge is 2.44. The van der Waals surface area contributed by atoms with Gasteiger partial charge in [0.25, 0.3) is 0 Å². The van der Waals surface area contributed by atoms with Gasteiger partial charge in [-0.1, -0.05) is 36.9 Å². The largest absolute Gasteiger partial charge is 0.462 e. The third kappa shape index (κ3) is 4.64.